The Morgan fingerprint density at radius 3 is 2.46 bits per heavy atom. The minimum Gasteiger partial charge on any atom is -0.480 e. The van der Waals surface area contributed by atoms with Gasteiger partial charge in [-0.2, -0.15) is 13.2 Å². The van der Waals surface area contributed by atoms with Crippen molar-refractivity contribution in [2.45, 2.75) is 38.9 Å². The SMILES string of the molecule is Cc1cc2occ(CC(=O)NC(CC(F)(F)F)C(=O)O)c2cc1C. The fraction of sp³-hybridized carbons (Fsp3) is 0.375. The molecule has 2 N–H and O–H groups in total. The van der Waals surface area contributed by atoms with Crippen LogP contribution in [0.4, 0.5) is 13.2 Å². The number of aryl methyl sites for hydroxylation is 2. The number of nitrogens with one attached hydrogen (secondary N) is 1. The van der Waals surface area contributed by atoms with E-state index in [1.54, 1.807) is 6.07 Å². The third kappa shape index (κ3) is 4.27. The van der Waals surface area contributed by atoms with Crippen LogP contribution in [0.2, 0.25) is 0 Å². The summed E-state index contributed by atoms with van der Waals surface area (Å²) in [4.78, 5) is 22.8. The van der Waals surface area contributed by atoms with Gasteiger partial charge < -0.3 is 14.8 Å². The van der Waals surface area contributed by atoms with Crippen molar-refractivity contribution in [3.63, 3.8) is 0 Å². The van der Waals surface area contributed by atoms with Gasteiger partial charge in [-0.05, 0) is 37.1 Å². The number of alkyl halides is 3. The molecule has 0 bridgehead atoms. The highest BCUT2D eigenvalue weighted by Gasteiger charge is 2.36. The van der Waals surface area contributed by atoms with Crippen LogP contribution in [0.1, 0.15) is 23.1 Å². The zero-order valence-corrected chi connectivity index (χ0v) is 13.0. The maximum atomic E-state index is 12.4. The van der Waals surface area contributed by atoms with Gasteiger partial charge in [-0.1, -0.05) is 0 Å². The monoisotopic (exact) mass is 343 g/mol. The summed E-state index contributed by atoms with van der Waals surface area (Å²) in [6.07, 6.45) is -5.23. The van der Waals surface area contributed by atoms with Crippen LogP contribution in [0.15, 0.2) is 22.8 Å². The van der Waals surface area contributed by atoms with E-state index in [0.717, 1.165) is 11.1 Å². The maximum absolute atomic E-state index is 12.4. The molecule has 1 heterocycles. The number of rotatable bonds is 5. The van der Waals surface area contributed by atoms with E-state index < -0.39 is 30.5 Å². The zero-order chi connectivity index (χ0) is 18.1. The van der Waals surface area contributed by atoms with E-state index in [9.17, 15) is 22.8 Å². The molecule has 2 rings (SSSR count). The minimum absolute atomic E-state index is 0.267. The lowest BCUT2D eigenvalue weighted by Crippen LogP contribution is -2.44. The topological polar surface area (TPSA) is 79.5 Å². The van der Waals surface area contributed by atoms with Crippen LogP contribution < -0.4 is 5.32 Å². The number of furan rings is 1. The molecule has 0 saturated carbocycles. The molecule has 1 amide bonds. The normalized spacial score (nSPS) is 13.0. The first-order valence-corrected chi connectivity index (χ1v) is 7.13. The predicted octanol–water partition coefficient (Wildman–Crippen LogP) is 3.11. The molecule has 5 nitrogen and oxygen atoms in total. The number of carboxylic acids is 1. The number of hydrogen-bond acceptors (Lipinski definition) is 3. The Morgan fingerprint density at radius 1 is 1.25 bits per heavy atom. The average molecular weight is 343 g/mol. The molecule has 0 fully saturated rings. The lowest BCUT2D eigenvalue weighted by atomic mass is 10.0. The number of halogens is 3. The van der Waals surface area contributed by atoms with Crippen molar-refractivity contribution in [2.24, 2.45) is 0 Å². The first kappa shape index (κ1) is 17.8. The van der Waals surface area contributed by atoms with Gasteiger partial charge in [0, 0.05) is 10.9 Å². The number of benzene rings is 1. The van der Waals surface area contributed by atoms with Crippen molar-refractivity contribution >= 4 is 22.8 Å². The number of carbonyl (C=O) groups excluding carboxylic acids is 1. The van der Waals surface area contributed by atoms with E-state index in [-0.39, 0.29) is 6.42 Å². The van der Waals surface area contributed by atoms with Crippen LogP contribution in [0, 0.1) is 13.8 Å². The molecule has 0 spiro atoms. The fourth-order valence-electron chi connectivity index (χ4n) is 2.32. The predicted molar refractivity (Wildman–Crippen MR) is 79.6 cm³/mol. The lowest BCUT2D eigenvalue weighted by molar-refractivity contribution is -0.159. The maximum Gasteiger partial charge on any atom is 0.391 e. The first-order chi connectivity index (χ1) is 11.1. The fourth-order valence-corrected chi connectivity index (χ4v) is 2.32. The molecular weight excluding hydrogens is 327 g/mol. The molecule has 0 aliphatic rings. The second-order valence-corrected chi connectivity index (χ2v) is 5.65. The van der Waals surface area contributed by atoms with E-state index in [2.05, 4.69) is 0 Å². The van der Waals surface area contributed by atoms with Crippen molar-refractivity contribution in [2.75, 3.05) is 0 Å². The van der Waals surface area contributed by atoms with Gasteiger partial charge in [0.15, 0.2) is 0 Å². The molecule has 24 heavy (non-hydrogen) atoms. The van der Waals surface area contributed by atoms with Crippen LogP contribution in [0.25, 0.3) is 11.0 Å². The van der Waals surface area contributed by atoms with Crippen LogP contribution in [-0.2, 0) is 16.0 Å². The quantitative estimate of drug-likeness (QED) is 0.874. The molecule has 2 aromatic rings. The molecule has 0 saturated heterocycles. The Hall–Kier alpha value is -2.51. The summed E-state index contributed by atoms with van der Waals surface area (Å²) in [6.45, 7) is 3.79. The summed E-state index contributed by atoms with van der Waals surface area (Å²) in [6, 6.07) is 1.61. The summed E-state index contributed by atoms with van der Waals surface area (Å²) in [5, 5.41) is 11.4. The zero-order valence-electron chi connectivity index (χ0n) is 13.0. The van der Waals surface area contributed by atoms with Gasteiger partial charge in [0.1, 0.15) is 11.6 Å². The number of hydrogen-bond donors (Lipinski definition) is 2. The van der Waals surface area contributed by atoms with Crippen molar-refractivity contribution in [1.82, 2.24) is 5.32 Å². The second-order valence-electron chi connectivity index (χ2n) is 5.65. The molecule has 0 aliphatic heterocycles. The number of carboxylic acid groups (broad SMARTS) is 1. The highest BCUT2D eigenvalue weighted by atomic mass is 19.4. The van der Waals surface area contributed by atoms with E-state index in [1.165, 1.54) is 6.26 Å². The van der Waals surface area contributed by atoms with Gasteiger partial charge >= 0.3 is 12.1 Å². The lowest BCUT2D eigenvalue weighted by Gasteiger charge is -2.16. The average Bonchev–Trinajstić information content (AvgIpc) is 2.79. The molecule has 1 atom stereocenters. The number of amides is 1. The van der Waals surface area contributed by atoms with E-state index in [0.29, 0.717) is 16.5 Å². The molecular formula is C16H16F3NO4. The molecule has 8 heteroatoms. The molecule has 0 radical (unpaired) electrons. The Balaban J connectivity index is 2.14. The third-order valence-corrected chi connectivity index (χ3v) is 3.69. The van der Waals surface area contributed by atoms with Gasteiger partial charge in [0.05, 0.1) is 19.1 Å². The van der Waals surface area contributed by atoms with Crippen molar-refractivity contribution < 1.29 is 32.3 Å². The summed E-state index contributed by atoms with van der Waals surface area (Å²) >= 11 is 0. The Labute approximate surface area is 135 Å². The highest BCUT2D eigenvalue weighted by Crippen LogP contribution is 2.25. The van der Waals surface area contributed by atoms with Crippen LogP contribution in [0.3, 0.4) is 0 Å². The van der Waals surface area contributed by atoms with Gasteiger partial charge in [-0.15, -0.1) is 0 Å². The standard InChI is InChI=1S/C16H16F3NO4/c1-8-3-11-10(7-24-13(11)4-9(8)2)5-14(21)20-12(15(22)23)6-16(17,18)19/h3-4,7,12H,5-6H2,1-2H3,(H,20,21)(H,22,23). The Morgan fingerprint density at radius 2 is 1.88 bits per heavy atom. The second kappa shape index (κ2) is 6.54. The molecule has 130 valence electrons. The number of aliphatic carboxylic acids is 1. The summed E-state index contributed by atoms with van der Waals surface area (Å²) in [5.74, 6) is -2.54. The minimum atomic E-state index is -4.69. The highest BCUT2D eigenvalue weighted by molar-refractivity contribution is 5.90. The van der Waals surface area contributed by atoms with Crippen molar-refractivity contribution in [3.8, 4) is 0 Å². The molecule has 0 aliphatic carbocycles. The van der Waals surface area contributed by atoms with Gasteiger partial charge in [0.2, 0.25) is 5.91 Å². The van der Waals surface area contributed by atoms with Gasteiger partial charge in [-0.25, -0.2) is 4.79 Å². The van der Waals surface area contributed by atoms with Gasteiger partial charge in [-0.3, -0.25) is 4.79 Å². The Kier molecular flexibility index (Phi) is 4.86. The summed E-state index contributed by atoms with van der Waals surface area (Å²) in [7, 11) is 0. The molecule has 1 aromatic carbocycles. The third-order valence-electron chi connectivity index (χ3n) is 3.69. The van der Waals surface area contributed by atoms with Crippen molar-refractivity contribution in [1.29, 1.82) is 0 Å². The van der Waals surface area contributed by atoms with Crippen molar-refractivity contribution in [3.05, 3.63) is 35.1 Å². The largest absolute Gasteiger partial charge is 0.480 e. The van der Waals surface area contributed by atoms with Crippen LogP contribution >= 0.6 is 0 Å². The smallest absolute Gasteiger partial charge is 0.391 e. The van der Waals surface area contributed by atoms with E-state index >= 15 is 0 Å². The number of fused-ring (bicyclic) bond motifs is 1. The van der Waals surface area contributed by atoms with Crippen LogP contribution in [-0.4, -0.2) is 29.2 Å². The Bertz CT molecular complexity index is 779. The first-order valence-electron chi connectivity index (χ1n) is 7.13. The van der Waals surface area contributed by atoms with E-state index in [1.807, 2.05) is 25.2 Å². The molecule has 1 aromatic heterocycles. The van der Waals surface area contributed by atoms with Gasteiger partial charge in [0.25, 0.3) is 0 Å². The number of carbonyl (C=O) groups is 2. The summed E-state index contributed by atoms with van der Waals surface area (Å²) in [5.41, 5.74) is 3.03. The molecule has 1 unspecified atom stereocenters. The van der Waals surface area contributed by atoms with E-state index in [4.69, 9.17) is 9.52 Å². The summed E-state index contributed by atoms with van der Waals surface area (Å²) < 4.78 is 42.4. The van der Waals surface area contributed by atoms with Crippen LogP contribution in [0.5, 0.6) is 0 Å².